The van der Waals surface area contributed by atoms with E-state index < -0.39 is 23.6 Å². The Balaban J connectivity index is 2.69. The van der Waals surface area contributed by atoms with Crippen LogP contribution in [-0.2, 0) is 9.53 Å². The van der Waals surface area contributed by atoms with Gasteiger partial charge in [0.2, 0.25) is 0 Å². The van der Waals surface area contributed by atoms with Crippen LogP contribution in [0.15, 0.2) is 17.5 Å². The molecule has 0 spiro atoms. The number of thiophene rings is 1. The molecule has 0 aromatic carbocycles. The molecule has 0 aliphatic carbocycles. The topological polar surface area (TPSA) is 79.2 Å². The highest BCUT2D eigenvalue weighted by molar-refractivity contribution is 7.10. The van der Waals surface area contributed by atoms with E-state index in [4.69, 9.17) is 10.5 Å². The molecule has 1 aromatic rings. The third-order valence-electron chi connectivity index (χ3n) is 1.75. The fraction of sp³-hybridized carbons (Fsp3) is 0.455. The number of carbonyl (C=O) groups is 2. The first-order chi connectivity index (χ1) is 7.79. The normalized spacial score (nSPS) is 12.9. The van der Waals surface area contributed by atoms with Crippen molar-refractivity contribution < 1.29 is 14.3 Å². The highest BCUT2D eigenvalue weighted by Gasteiger charge is 2.24. The van der Waals surface area contributed by atoms with Crippen LogP contribution in [0.2, 0.25) is 0 Å². The summed E-state index contributed by atoms with van der Waals surface area (Å²) < 4.78 is 5.04. The summed E-state index contributed by atoms with van der Waals surface area (Å²) in [5.41, 5.74) is 6.50. The molecule has 1 aromatic heterocycles. The number of carbonyl (C=O) groups excluding carboxylic acids is 2. The number of amides is 2. The van der Waals surface area contributed by atoms with Gasteiger partial charge in [0.25, 0.3) is 5.91 Å². The van der Waals surface area contributed by atoms with Crippen molar-refractivity contribution in [2.24, 2.45) is 0 Å². The molecule has 0 aliphatic heterocycles. The third-order valence-corrected chi connectivity index (χ3v) is 2.69. The number of nitrogens with one attached hydrogen (secondary N) is 2. The first-order valence-corrected chi connectivity index (χ1v) is 5.96. The van der Waals surface area contributed by atoms with E-state index in [1.807, 2.05) is 0 Å². The maximum absolute atomic E-state index is 11.5. The van der Waals surface area contributed by atoms with Gasteiger partial charge in [-0.3, -0.25) is 10.5 Å². The molecule has 1 atom stereocenters. The maximum Gasteiger partial charge on any atom is 0.408 e. The Morgan fingerprint density at radius 2 is 2.12 bits per heavy atom. The van der Waals surface area contributed by atoms with Crippen LogP contribution in [0.3, 0.4) is 0 Å². The molecule has 5 nitrogen and oxygen atoms in total. The van der Waals surface area contributed by atoms with Gasteiger partial charge in [0, 0.05) is 4.88 Å². The van der Waals surface area contributed by atoms with E-state index in [9.17, 15) is 9.59 Å². The van der Waals surface area contributed by atoms with Crippen LogP contribution in [0.1, 0.15) is 31.7 Å². The zero-order valence-electron chi connectivity index (χ0n) is 9.94. The molecule has 17 heavy (non-hydrogen) atoms. The van der Waals surface area contributed by atoms with Gasteiger partial charge in [-0.15, -0.1) is 11.3 Å². The van der Waals surface area contributed by atoms with Crippen molar-refractivity contribution >= 4 is 23.3 Å². The first-order valence-electron chi connectivity index (χ1n) is 5.08. The second-order valence-electron chi connectivity index (χ2n) is 4.46. The van der Waals surface area contributed by atoms with Crippen LogP contribution in [0.4, 0.5) is 4.79 Å². The summed E-state index contributed by atoms with van der Waals surface area (Å²) in [7, 11) is 0. The zero-order chi connectivity index (χ0) is 13.1. The third kappa shape index (κ3) is 4.44. The standard InChI is InChI=1S/C11H15N2O3S/c1-11(2,3)16-10(15)13-8(9(12)14)7-5-4-6-17-7/h4-6,8,12H,1-3H3,(H,13,15). The Bertz CT molecular complexity index is 395. The second kappa shape index (κ2) is 5.18. The van der Waals surface area contributed by atoms with Crippen LogP contribution in [-0.4, -0.2) is 17.6 Å². The van der Waals surface area contributed by atoms with E-state index >= 15 is 0 Å². The van der Waals surface area contributed by atoms with E-state index in [0.29, 0.717) is 4.88 Å². The minimum Gasteiger partial charge on any atom is -0.444 e. The molecule has 1 unspecified atom stereocenters. The van der Waals surface area contributed by atoms with Gasteiger partial charge in [-0.25, -0.2) is 4.79 Å². The largest absolute Gasteiger partial charge is 0.444 e. The van der Waals surface area contributed by atoms with Crippen LogP contribution in [0.25, 0.3) is 0 Å². The molecule has 6 heteroatoms. The molecule has 0 saturated heterocycles. The van der Waals surface area contributed by atoms with Gasteiger partial charge in [0.1, 0.15) is 11.6 Å². The molecule has 0 saturated carbocycles. The van der Waals surface area contributed by atoms with Crippen molar-refractivity contribution in [2.75, 3.05) is 0 Å². The monoisotopic (exact) mass is 255 g/mol. The van der Waals surface area contributed by atoms with Crippen LogP contribution in [0, 0.1) is 0 Å². The van der Waals surface area contributed by atoms with Crippen LogP contribution in [0.5, 0.6) is 0 Å². The molecule has 0 fully saturated rings. The minimum atomic E-state index is -0.954. The summed E-state index contributed by atoms with van der Waals surface area (Å²) >= 11 is 1.31. The van der Waals surface area contributed by atoms with E-state index in [-0.39, 0.29) is 0 Å². The number of hydrogen-bond acceptors (Lipinski definition) is 4. The van der Waals surface area contributed by atoms with Gasteiger partial charge in [-0.2, -0.15) is 0 Å². The molecule has 1 radical (unpaired) electrons. The summed E-state index contributed by atoms with van der Waals surface area (Å²) in [4.78, 5) is 23.3. The Labute approximate surface area is 104 Å². The highest BCUT2D eigenvalue weighted by Crippen LogP contribution is 2.19. The lowest BCUT2D eigenvalue weighted by Crippen LogP contribution is -2.38. The Hall–Kier alpha value is -1.56. The van der Waals surface area contributed by atoms with E-state index in [0.717, 1.165) is 0 Å². The SMILES string of the molecule is CC(C)(C)OC(=O)NC(C([NH])=O)c1cccs1. The lowest BCUT2D eigenvalue weighted by atomic mass is 10.2. The molecule has 93 valence electrons. The summed E-state index contributed by atoms with van der Waals surface area (Å²) in [5, 5.41) is 4.17. The van der Waals surface area contributed by atoms with Crippen molar-refractivity contribution in [3.63, 3.8) is 0 Å². The number of alkyl carbamates (subject to hydrolysis) is 1. The average Bonchev–Trinajstić information content (AvgIpc) is 2.63. The number of ether oxygens (including phenoxy) is 1. The van der Waals surface area contributed by atoms with Gasteiger partial charge in [-0.05, 0) is 32.2 Å². The second-order valence-corrected chi connectivity index (χ2v) is 5.44. The van der Waals surface area contributed by atoms with E-state index in [1.165, 1.54) is 11.3 Å². The lowest BCUT2D eigenvalue weighted by molar-refractivity contribution is -0.120. The summed E-state index contributed by atoms with van der Waals surface area (Å²) in [6.45, 7) is 5.19. The van der Waals surface area contributed by atoms with Gasteiger partial charge in [0.05, 0.1) is 0 Å². The van der Waals surface area contributed by atoms with Gasteiger partial charge in [-0.1, -0.05) is 6.07 Å². The maximum atomic E-state index is 11.5. The summed E-state index contributed by atoms with van der Waals surface area (Å²) in [6, 6.07) is 2.50. The smallest absolute Gasteiger partial charge is 0.408 e. The Morgan fingerprint density at radius 3 is 2.53 bits per heavy atom. The predicted octanol–water partition coefficient (Wildman–Crippen LogP) is 2.12. The number of rotatable bonds is 3. The van der Waals surface area contributed by atoms with Gasteiger partial charge >= 0.3 is 6.09 Å². The molecular weight excluding hydrogens is 240 g/mol. The molecule has 0 bridgehead atoms. The molecule has 1 rings (SSSR count). The quantitative estimate of drug-likeness (QED) is 0.898. The van der Waals surface area contributed by atoms with Crippen molar-refractivity contribution in [2.45, 2.75) is 32.4 Å². The molecule has 2 N–H and O–H groups in total. The Morgan fingerprint density at radius 1 is 1.47 bits per heavy atom. The van der Waals surface area contributed by atoms with E-state index in [2.05, 4.69) is 5.32 Å². The highest BCUT2D eigenvalue weighted by atomic mass is 32.1. The zero-order valence-corrected chi connectivity index (χ0v) is 10.8. The average molecular weight is 255 g/mol. The summed E-state index contributed by atoms with van der Waals surface area (Å²) in [6.07, 6.45) is -0.698. The lowest BCUT2D eigenvalue weighted by Gasteiger charge is -2.21. The van der Waals surface area contributed by atoms with Crippen molar-refractivity contribution in [1.29, 1.82) is 0 Å². The van der Waals surface area contributed by atoms with Crippen LogP contribution >= 0.6 is 11.3 Å². The molecule has 1 heterocycles. The van der Waals surface area contributed by atoms with Crippen molar-refractivity contribution in [1.82, 2.24) is 11.1 Å². The fourth-order valence-corrected chi connectivity index (χ4v) is 1.92. The molecule has 2 amide bonds. The molecular formula is C11H15N2O3S. The van der Waals surface area contributed by atoms with Crippen molar-refractivity contribution in [3.8, 4) is 0 Å². The first kappa shape index (κ1) is 13.5. The fourth-order valence-electron chi connectivity index (χ4n) is 1.15. The Kier molecular flexibility index (Phi) is 4.11. The van der Waals surface area contributed by atoms with Gasteiger partial charge in [0.15, 0.2) is 0 Å². The van der Waals surface area contributed by atoms with Gasteiger partial charge < -0.3 is 10.1 Å². The molecule has 0 aliphatic rings. The van der Waals surface area contributed by atoms with Crippen LogP contribution < -0.4 is 11.1 Å². The predicted molar refractivity (Wildman–Crippen MR) is 64.5 cm³/mol. The van der Waals surface area contributed by atoms with E-state index in [1.54, 1.807) is 38.3 Å². The minimum absolute atomic E-state index is 0.621. The number of hydrogen-bond donors (Lipinski definition) is 1. The van der Waals surface area contributed by atoms with Crippen molar-refractivity contribution in [3.05, 3.63) is 22.4 Å². The summed E-state index contributed by atoms with van der Waals surface area (Å²) in [5.74, 6) is -0.863.